The lowest BCUT2D eigenvalue weighted by Gasteiger charge is -1.95. The van der Waals surface area contributed by atoms with Crippen LogP contribution in [0.4, 0.5) is 5.69 Å². The van der Waals surface area contributed by atoms with E-state index in [4.69, 9.17) is 5.11 Å². The molecule has 5 nitrogen and oxygen atoms in total. The van der Waals surface area contributed by atoms with Gasteiger partial charge >= 0.3 is 5.97 Å². The molecule has 5 heteroatoms. The Hall–Kier alpha value is -1.91. The first-order valence-corrected chi connectivity index (χ1v) is 4.54. The van der Waals surface area contributed by atoms with Gasteiger partial charge in [0.05, 0.1) is 11.3 Å². The van der Waals surface area contributed by atoms with Crippen LogP contribution in [0, 0.1) is 10.1 Å². The molecule has 0 aromatic heterocycles. The zero-order valence-corrected chi connectivity index (χ0v) is 8.64. The second-order valence-corrected chi connectivity index (χ2v) is 2.50. The van der Waals surface area contributed by atoms with Crippen LogP contribution < -0.4 is 0 Å². The minimum atomic E-state index is -1.000. The predicted octanol–water partition coefficient (Wildman–Crippen LogP) is 2.25. The lowest BCUT2D eigenvalue weighted by atomic mass is 10.1. The van der Waals surface area contributed by atoms with Gasteiger partial charge in [0.15, 0.2) is 0 Å². The average Bonchev–Trinajstić information content (AvgIpc) is 2.20. The van der Waals surface area contributed by atoms with E-state index >= 15 is 0 Å². The van der Waals surface area contributed by atoms with Gasteiger partial charge in [-0.1, -0.05) is 26.0 Å². The SMILES string of the molecule is CC.O=C(O)Cc1cccc([N+](=O)[O-])c1. The molecule has 0 aliphatic heterocycles. The molecular weight excluding hydrogens is 198 g/mol. The molecule has 0 saturated carbocycles. The molecule has 0 atom stereocenters. The number of carboxylic acid groups (broad SMARTS) is 1. The molecule has 0 fully saturated rings. The summed E-state index contributed by atoms with van der Waals surface area (Å²) in [4.78, 5) is 20.0. The number of benzene rings is 1. The molecule has 0 amide bonds. The number of hydrogen-bond donors (Lipinski definition) is 1. The van der Waals surface area contributed by atoms with Crippen LogP contribution >= 0.6 is 0 Å². The van der Waals surface area contributed by atoms with Crippen LogP contribution in [-0.2, 0) is 11.2 Å². The lowest BCUT2D eigenvalue weighted by molar-refractivity contribution is -0.384. The number of nitrogens with zero attached hydrogens (tertiary/aromatic N) is 1. The van der Waals surface area contributed by atoms with Gasteiger partial charge in [-0.15, -0.1) is 0 Å². The third-order valence-electron chi connectivity index (χ3n) is 1.48. The van der Waals surface area contributed by atoms with Crippen LogP contribution in [-0.4, -0.2) is 16.0 Å². The normalized spacial score (nSPS) is 8.67. The summed E-state index contributed by atoms with van der Waals surface area (Å²) >= 11 is 0. The van der Waals surface area contributed by atoms with Crippen molar-refractivity contribution >= 4 is 11.7 Å². The van der Waals surface area contributed by atoms with Crippen molar-refractivity contribution in [2.45, 2.75) is 20.3 Å². The van der Waals surface area contributed by atoms with Crippen molar-refractivity contribution in [3.63, 3.8) is 0 Å². The van der Waals surface area contributed by atoms with Gasteiger partial charge in [-0.25, -0.2) is 0 Å². The number of carboxylic acids is 1. The molecule has 1 N–H and O–H groups in total. The zero-order valence-electron chi connectivity index (χ0n) is 8.64. The number of non-ortho nitro benzene ring substituents is 1. The molecular formula is C10H13NO4. The molecule has 15 heavy (non-hydrogen) atoms. The maximum Gasteiger partial charge on any atom is 0.307 e. The number of aliphatic carboxylic acids is 1. The van der Waals surface area contributed by atoms with E-state index in [2.05, 4.69) is 0 Å². The van der Waals surface area contributed by atoms with E-state index in [1.807, 2.05) is 13.8 Å². The molecule has 0 unspecified atom stereocenters. The van der Waals surface area contributed by atoms with E-state index < -0.39 is 10.9 Å². The lowest BCUT2D eigenvalue weighted by Crippen LogP contribution is -2.00. The smallest absolute Gasteiger partial charge is 0.307 e. The molecule has 0 aliphatic rings. The Morgan fingerprint density at radius 1 is 1.47 bits per heavy atom. The summed E-state index contributed by atoms with van der Waals surface area (Å²) in [5, 5.41) is 18.7. The van der Waals surface area contributed by atoms with Crippen molar-refractivity contribution in [1.82, 2.24) is 0 Å². The molecule has 1 rings (SSSR count). The quantitative estimate of drug-likeness (QED) is 0.614. The first-order chi connectivity index (χ1) is 7.09. The number of rotatable bonds is 3. The second kappa shape index (κ2) is 6.53. The monoisotopic (exact) mass is 211 g/mol. The number of carbonyl (C=O) groups is 1. The van der Waals surface area contributed by atoms with Crippen LogP contribution in [0.15, 0.2) is 24.3 Å². The zero-order chi connectivity index (χ0) is 11.8. The minimum absolute atomic E-state index is 0.0845. The van der Waals surface area contributed by atoms with E-state index in [0.29, 0.717) is 5.56 Å². The Labute approximate surface area is 87.5 Å². The third-order valence-corrected chi connectivity index (χ3v) is 1.48. The number of nitro benzene ring substituents is 1. The molecule has 0 spiro atoms. The predicted molar refractivity (Wildman–Crippen MR) is 55.8 cm³/mol. The Bertz CT molecular complexity index is 349. The average molecular weight is 211 g/mol. The van der Waals surface area contributed by atoms with E-state index in [9.17, 15) is 14.9 Å². The van der Waals surface area contributed by atoms with Crippen molar-refractivity contribution in [2.24, 2.45) is 0 Å². The summed E-state index contributed by atoms with van der Waals surface area (Å²) in [6, 6.07) is 5.59. The summed E-state index contributed by atoms with van der Waals surface area (Å²) < 4.78 is 0. The highest BCUT2D eigenvalue weighted by atomic mass is 16.6. The fourth-order valence-electron chi connectivity index (χ4n) is 0.955. The van der Waals surface area contributed by atoms with Crippen molar-refractivity contribution in [2.75, 3.05) is 0 Å². The Morgan fingerprint density at radius 2 is 2.07 bits per heavy atom. The molecule has 0 aliphatic carbocycles. The van der Waals surface area contributed by atoms with E-state index in [0.717, 1.165) is 0 Å². The molecule has 1 aromatic carbocycles. The van der Waals surface area contributed by atoms with Gasteiger partial charge in [0.25, 0.3) is 5.69 Å². The number of hydrogen-bond acceptors (Lipinski definition) is 3. The molecule has 0 saturated heterocycles. The van der Waals surface area contributed by atoms with Gasteiger partial charge in [-0.2, -0.15) is 0 Å². The Balaban J connectivity index is 0.000000921. The number of nitro groups is 1. The molecule has 82 valence electrons. The van der Waals surface area contributed by atoms with Crippen LogP contribution in [0.5, 0.6) is 0 Å². The first kappa shape index (κ1) is 13.1. The Morgan fingerprint density at radius 3 is 2.53 bits per heavy atom. The topological polar surface area (TPSA) is 80.4 Å². The highest BCUT2D eigenvalue weighted by Crippen LogP contribution is 2.13. The molecule has 1 aromatic rings. The van der Waals surface area contributed by atoms with E-state index in [1.165, 1.54) is 18.2 Å². The van der Waals surface area contributed by atoms with Crippen molar-refractivity contribution in [3.05, 3.63) is 39.9 Å². The van der Waals surface area contributed by atoms with Gasteiger partial charge < -0.3 is 5.11 Å². The molecule has 0 heterocycles. The summed E-state index contributed by atoms with van der Waals surface area (Å²) in [5.41, 5.74) is 0.348. The summed E-state index contributed by atoms with van der Waals surface area (Å²) in [6.45, 7) is 4.00. The molecule has 0 bridgehead atoms. The Kier molecular flexibility index (Phi) is 5.70. The van der Waals surface area contributed by atoms with Crippen LogP contribution in [0.2, 0.25) is 0 Å². The van der Waals surface area contributed by atoms with Crippen LogP contribution in [0.25, 0.3) is 0 Å². The fraction of sp³-hybridized carbons (Fsp3) is 0.300. The maximum absolute atomic E-state index is 10.3. The van der Waals surface area contributed by atoms with Gasteiger partial charge in [-0.3, -0.25) is 14.9 Å². The highest BCUT2D eigenvalue weighted by molar-refractivity contribution is 5.70. The van der Waals surface area contributed by atoms with E-state index in [-0.39, 0.29) is 12.1 Å². The van der Waals surface area contributed by atoms with Gasteiger partial charge in [-0.05, 0) is 5.56 Å². The van der Waals surface area contributed by atoms with E-state index in [1.54, 1.807) is 6.07 Å². The summed E-state index contributed by atoms with van der Waals surface area (Å²) in [6.07, 6.45) is -0.193. The van der Waals surface area contributed by atoms with Crippen molar-refractivity contribution < 1.29 is 14.8 Å². The minimum Gasteiger partial charge on any atom is -0.481 e. The van der Waals surface area contributed by atoms with Gasteiger partial charge in [0.1, 0.15) is 0 Å². The standard InChI is InChI=1S/C8H7NO4.C2H6/c10-8(11)5-6-2-1-3-7(4-6)9(12)13;1-2/h1-4H,5H2,(H,10,11);1-2H3. The largest absolute Gasteiger partial charge is 0.481 e. The summed E-state index contributed by atoms with van der Waals surface area (Å²) in [5.74, 6) is -1.000. The molecule has 0 radical (unpaired) electrons. The maximum atomic E-state index is 10.3. The fourth-order valence-corrected chi connectivity index (χ4v) is 0.955. The first-order valence-electron chi connectivity index (χ1n) is 4.54. The van der Waals surface area contributed by atoms with Gasteiger partial charge in [0.2, 0.25) is 0 Å². The van der Waals surface area contributed by atoms with Crippen molar-refractivity contribution in [1.29, 1.82) is 0 Å². The highest BCUT2D eigenvalue weighted by Gasteiger charge is 2.07. The van der Waals surface area contributed by atoms with Gasteiger partial charge in [0, 0.05) is 12.1 Å². The summed E-state index contributed by atoms with van der Waals surface area (Å²) in [7, 11) is 0. The van der Waals surface area contributed by atoms with Crippen molar-refractivity contribution in [3.8, 4) is 0 Å². The second-order valence-electron chi connectivity index (χ2n) is 2.50. The van der Waals surface area contributed by atoms with Crippen LogP contribution in [0.3, 0.4) is 0 Å². The third kappa shape index (κ3) is 4.75. The van der Waals surface area contributed by atoms with Crippen LogP contribution in [0.1, 0.15) is 19.4 Å².